The van der Waals surface area contributed by atoms with Gasteiger partial charge < -0.3 is 15.0 Å². The number of nitrogens with one attached hydrogen (secondary N) is 1. The van der Waals surface area contributed by atoms with E-state index in [1.807, 2.05) is 36.9 Å². The summed E-state index contributed by atoms with van der Waals surface area (Å²) in [5.74, 6) is 0.282. The van der Waals surface area contributed by atoms with Crippen LogP contribution in [0.15, 0.2) is 42.5 Å². The topological polar surface area (TPSA) is 58.6 Å². The summed E-state index contributed by atoms with van der Waals surface area (Å²) in [5.41, 5.74) is 1.92. The maximum atomic E-state index is 13.1. The van der Waals surface area contributed by atoms with Crippen molar-refractivity contribution >= 4 is 29.1 Å². The van der Waals surface area contributed by atoms with Gasteiger partial charge in [0.15, 0.2) is 6.10 Å². The highest BCUT2D eigenvalue weighted by Gasteiger charge is 2.23. The Kier molecular flexibility index (Phi) is 7.75. The average molecular weight is 429 g/mol. The van der Waals surface area contributed by atoms with Crippen molar-refractivity contribution in [2.45, 2.75) is 52.1 Å². The second-order valence-electron chi connectivity index (χ2n) is 7.67. The summed E-state index contributed by atoms with van der Waals surface area (Å²) in [5, 5.41) is 3.56. The van der Waals surface area contributed by atoms with E-state index in [0.717, 1.165) is 44.3 Å². The highest BCUT2D eigenvalue weighted by Crippen LogP contribution is 2.24. The zero-order valence-corrected chi connectivity index (χ0v) is 18.4. The van der Waals surface area contributed by atoms with Crippen LogP contribution in [0.1, 0.15) is 54.9 Å². The molecule has 0 spiro atoms. The predicted octanol–water partition coefficient (Wildman–Crippen LogP) is 5.46. The number of anilines is 1. The fraction of sp³-hybridized carbons (Fsp3) is 0.417. The van der Waals surface area contributed by atoms with Crippen LogP contribution in [0.2, 0.25) is 5.02 Å². The molecule has 0 aromatic heterocycles. The molecule has 30 heavy (non-hydrogen) atoms. The summed E-state index contributed by atoms with van der Waals surface area (Å²) >= 11 is 6.07. The summed E-state index contributed by atoms with van der Waals surface area (Å²) < 4.78 is 5.90. The van der Waals surface area contributed by atoms with Gasteiger partial charge >= 0.3 is 0 Å². The standard InChI is InChI=1S/C24H29ClN2O3/c1-3-22(30-18-12-13-20(25)17(2)16-18)23(28)26-21-11-7-6-10-19(21)24(29)27-14-8-4-5-9-15-27/h6-7,10-13,16,22H,3-5,8-9,14-15H2,1-2H3,(H,26,28). The van der Waals surface area contributed by atoms with Crippen LogP contribution in [-0.4, -0.2) is 35.9 Å². The second-order valence-corrected chi connectivity index (χ2v) is 8.07. The van der Waals surface area contributed by atoms with Gasteiger partial charge in [-0.2, -0.15) is 0 Å². The fourth-order valence-electron chi connectivity index (χ4n) is 3.61. The summed E-state index contributed by atoms with van der Waals surface area (Å²) in [7, 11) is 0. The van der Waals surface area contributed by atoms with E-state index < -0.39 is 6.10 Å². The molecule has 1 unspecified atom stereocenters. The zero-order valence-electron chi connectivity index (χ0n) is 17.6. The number of halogens is 1. The molecule has 0 bridgehead atoms. The third kappa shape index (κ3) is 5.54. The van der Waals surface area contributed by atoms with Crippen LogP contribution in [0, 0.1) is 6.92 Å². The molecule has 0 saturated carbocycles. The Morgan fingerprint density at radius 3 is 2.47 bits per heavy atom. The molecule has 3 rings (SSSR count). The number of nitrogens with zero attached hydrogens (tertiary/aromatic N) is 1. The number of likely N-dealkylation sites (tertiary alicyclic amines) is 1. The van der Waals surface area contributed by atoms with Gasteiger partial charge in [0.25, 0.3) is 11.8 Å². The Labute approximate surface area is 183 Å². The van der Waals surface area contributed by atoms with Crippen molar-refractivity contribution in [3.8, 4) is 5.75 Å². The molecular formula is C24H29ClN2O3. The highest BCUT2D eigenvalue weighted by molar-refractivity contribution is 6.31. The third-order valence-electron chi connectivity index (χ3n) is 5.38. The lowest BCUT2D eigenvalue weighted by Gasteiger charge is -2.23. The van der Waals surface area contributed by atoms with Crippen LogP contribution in [0.4, 0.5) is 5.69 Å². The lowest BCUT2D eigenvalue weighted by atomic mass is 10.1. The van der Waals surface area contributed by atoms with E-state index in [2.05, 4.69) is 5.32 Å². The lowest BCUT2D eigenvalue weighted by molar-refractivity contribution is -0.122. The Balaban J connectivity index is 1.73. The minimum absolute atomic E-state index is 0.0323. The molecule has 5 nitrogen and oxygen atoms in total. The Morgan fingerprint density at radius 1 is 1.10 bits per heavy atom. The number of aryl methyl sites for hydroxylation is 1. The van der Waals surface area contributed by atoms with E-state index in [9.17, 15) is 9.59 Å². The molecule has 1 heterocycles. The third-order valence-corrected chi connectivity index (χ3v) is 5.80. The minimum Gasteiger partial charge on any atom is -0.481 e. The monoisotopic (exact) mass is 428 g/mol. The van der Waals surface area contributed by atoms with Crippen LogP contribution in [0.5, 0.6) is 5.75 Å². The SMILES string of the molecule is CCC(Oc1ccc(Cl)c(C)c1)C(=O)Nc1ccccc1C(=O)N1CCCCCC1. The highest BCUT2D eigenvalue weighted by atomic mass is 35.5. The van der Waals surface area contributed by atoms with E-state index in [4.69, 9.17) is 16.3 Å². The molecule has 1 aliphatic rings. The van der Waals surface area contributed by atoms with Gasteiger partial charge in [-0.25, -0.2) is 0 Å². The van der Waals surface area contributed by atoms with Gasteiger partial charge in [0.05, 0.1) is 11.3 Å². The van der Waals surface area contributed by atoms with Gasteiger partial charge in [0.1, 0.15) is 5.75 Å². The number of benzene rings is 2. The molecule has 2 aromatic carbocycles. The first-order valence-corrected chi connectivity index (χ1v) is 11.0. The minimum atomic E-state index is -0.674. The van der Waals surface area contributed by atoms with Crippen molar-refractivity contribution in [3.63, 3.8) is 0 Å². The molecule has 0 aliphatic carbocycles. The number of para-hydroxylation sites is 1. The van der Waals surface area contributed by atoms with Crippen LogP contribution in [-0.2, 0) is 4.79 Å². The molecule has 160 valence electrons. The second kappa shape index (κ2) is 10.5. The number of hydrogen-bond donors (Lipinski definition) is 1. The number of rotatable bonds is 6. The Morgan fingerprint density at radius 2 is 1.80 bits per heavy atom. The van der Waals surface area contributed by atoms with Crippen LogP contribution in [0.3, 0.4) is 0 Å². The number of carbonyl (C=O) groups excluding carboxylic acids is 2. The van der Waals surface area contributed by atoms with Crippen molar-refractivity contribution in [2.75, 3.05) is 18.4 Å². The van der Waals surface area contributed by atoms with Gasteiger partial charge in [-0.1, -0.05) is 43.5 Å². The van der Waals surface area contributed by atoms with Gasteiger partial charge in [-0.05, 0) is 62.1 Å². The van der Waals surface area contributed by atoms with Crippen molar-refractivity contribution in [1.29, 1.82) is 0 Å². The van der Waals surface area contributed by atoms with Gasteiger partial charge in [-0.3, -0.25) is 9.59 Å². The van der Waals surface area contributed by atoms with Crippen molar-refractivity contribution in [3.05, 3.63) is 58.6 Å². The van der Waals surface area contributed by atoms with Gasteiger partial charge in [0.2, 0.25) is 0 Å². The number of hydrogen-bond acceptors (Lipinski definition) is 3. The maximum absolute atomic E-state index is 13.1. The predicted molar refractivity (Wildman–Crippen MR) is 120 cm³/mol. The summed E-state index contributed by atoms with van der Waals surface area (Å²) in [4.78, 5) is 27.9. The molecule has 1 N–H and O–H groups in total. The molecule has 1 aliphatic heterocycles. The van der Waals surface area contributed by atoms with Crippen LogP contribution >= 0.6 is 11.6 Å². The zero-order chi connectivity index (χ0) is 21.5. The van der Waals surface area contributed by atoms with Crippen molar-refractivity contribution in [1.82, 2.24) is 4.90 Å². The average Bonchev–Trinajstić information content (AvgIpc) is 3.04. The summed E-state index contributed by atoms with van der Waals surface area (Å²) in [6, 6.07) is 12.5. The molecule has 2 aromatic rings. The van der Waals surface area contributed by atoms with Crippen LogP contribution < -0.4 is 10.1 Å². The van der Waals surface area contributed by atoms with E-state index in [1.165, 1.54) is 0 Å². The lowest BCUT2D eigenvalue weighted by Crippen LogP contribution is -2.35. The smallest absolute Gasteiger partial charge is 0.265 e. The number of ether oxygens (including phenoxy) is 1. The largest absolute Gasteiger partial charge is 0.481 e. The van der Waals surface area contributed by atoms with Gasteiger partial charge in [-0.15, -0.1) is 0 Å². The fourth-order valence-corrected chi connectivity index (χ4v) is 3.73. The maximum Gasteiger partial charge on any atom is 0.265 e. The Bertz CT molecular complexity index is 892. The van der Waals surface area contributed by atoms with E-state index in [1.54, 1.807) is 24.3 Å². The molecule has 0 radical (unpaired) electrons. The first kappa shape index (κ1) is 22.2. The number of carbonyl (C=O) groups is 2. The normalized spacial score (nSPS) is 15.2. The summed E-state index contributed by atoms with van der Waals surface area (Å²) in [6.07, 6.45) is 4.17. The Hall–Kier alpha value is -2.53. The molecule has 1 atom stereocenters. The molecule has 1 fully saturated rings. The molecular weight excluding hydrogens is 400 g/mol. The molecule has 6 heteroatoms. The number of amides is 2. The first-order valence-electron chi connectivity index (χ1n) is 10.6. The van der Waals surface area contributed by atoms with E-state index in [0.29, 0.717) is 28.4 Å². The molecule has 2 amide bonds. The molecule has 1 saturated heterocycles. The first-order chi connectivity index (χ1) is 14.5. The van der Waals surface area contributed by atoms with Crippen molar-refractivity contribution < 1.29 is 14.3 Å². The quantitative estimate of drug-likeness (QED) is 0.664. The van der Waals surface area contributed by atoms with Crippen molar-refractivity contribution in [2.24, 2.45) is 0 Å². The van der Waals surface area contributed by atoms with Crippen LogP contribution in [0.25, 0.3) is 0 Å². The van der Waals surface area contributed by atoms with Gasteiger partial charge in [0, 0.05) is 18.1 Å². The van der Waals surface area contributed by atoms with E-state index >= 15 is 0 Å². The summed E-state index contributed by atoms with van der Waals surface area (Å²) in [6.45, 7) is 5.30. The van der Waals surface area contributed by atoms with E-state index in [-0.39, 0.29) is 11.8 Å².